The molecule has 0 saturated carbocycles. The molecular weight excluding hydrogens is 376 g/mol. The van der Waals surface area contributed by atoms with Gasteiger partial charge in [-0.25, -0.2) is 0 Å². The molecule has 1 atom stereocenters. The van der Waals surface area contributed by atoms with Crippen molar-refractivity contribution in [2.24, 2.45) is 0 Å². The first-order valence-electron chi connectivity index (χ1n) is 10.5. The largest absolute Gasteiger partial charge is 0.374 e. The van der Waals surface area contributed by atoms with Crippen molar-refractivity contribution >= 4 is 23.2 Å². The quantitative estimate of drug-likeness (QED) is 0.721. The number of benzene rings is 2. The van der Waals surface area contributed by atoms with Crippen LogP contribution < -0.4 is 15.5 Å². The molecule has 0 aromatic heterocycles. The fourth-order valence-corrected chi connectivity index (χ4v) is 3.80. The molecule has 2 amide bonds. The van der Waals surface area contributed by atoms with Gasteiger partial charge in [0.1, 0.15) is 0 Å². The minimum Gasteiger partial charge on any atom is -0.374 e. The number of nitrogens with one attached hydrogen (secondary N) is 2. The highest BCUT2D eigenvalue weighted by molar-refractivity contribution is 6.39. The molecule has 2 aromatic carbocycles. The third-order valence-corrected chi connectivity index (χ3v) is 5.74. The van der Waals surface area contributed by atoms with Crippen molar-refractivity contribution in [3.05, 3.63) is 59.2 Å². The zero-order valence-corrected chi connectivity index (χ0v) is 18.5. The van der Waals surface area contributed by atoms with Crippen molar-refractivity contribution in [3.63, 3.8) is 0 Å². The minimum atomic E-state index is -0.652. The Morgan fingerprint density at radius 3 is 2.33 bits per heavy atom. The Hall–Kier alpha value is -2.86. The summed E-state index contributed by atoms with van der Waals surface area (Å²) in [6.07, 6.45) is 1.03. The maximum atomic E-state index is 12.4. The summed E-state index contributed by atoms with van der Waals surface area (Å²) in [4.78, 5) is 29.0. The summed E-state index contributed by atoms with van der Waals surface area (Å²) in [6.45, 7) is 5.61. The molecule has 0 bridgehead atoms. The van der Waals surface area contributed by atoms with E-state index in [-0.39, 0.29) is 6.04 Å². The van der Waals surface area contributed by atoms with Gasteiger partial charge in [0.2, 0.25) is 0 Å². The molecule has 6 nitrogen and oxygen atoms in total. The van der Waals surface area contributed by atoms with Gasteiger partial charge in [-0.05, 0) is 61.3 Å². The van der Waals surface area contributed by atoms with Gasteiger partial charge in [-0.3, -0.25) is 9.59 Å². The topological polar surface area (TPSA) is 64.7 Å². The standard InChI is InChI=1S/C24H32N4O2/c1-16(2)17-6-9-20(10-7-17)26-24(30)23(29)25-15-22(27(3)4)18-8-11-21-19(14-18)12-13-28(21)5/h6-11,14,16,22H,12-13,15H2,1-5H3,(H,25,29)(H,26,30)/t22-/m0/s1. The molecule has 1 aliphatic rings. The van der Waals surface area contributed by atoms with Gasteiger partial charge in [0, 0.05) is 31.5 Å². The Balaban J connectivity index is 1.60. The third-order valence-electron chi connectivity index (χ3n) is 5.74. The Labute approximate surface area is 179 Å². The number of anilines is 2. The molecule has 30 heavy (non-hydrogen) atoms. The van der Waals surface area contributed by atoms with Crippen molar-refractivity contribution in [1.82, 2.24) is 10.2 Å². The second-order valence-electron chi connectivity index (χ2n) is 8.48. The molecule has 0 unspecified atom stereocenters. The van der Waals surface area contributed by atoms with Crippen LogP contribution in [-0.2, 0) is 16.0 Å². The smallest absolute Gasteiger partial charge is 0.313 e. The van der Waals surface area contributed by atoms with Crippen molar-refractivity contribution in [2.45, 2.75) is 32.2 Å². The van der Waals surface area contributed by atoms with Crippen LogP contribution in [0.2, 0.25) is 0 Å². The molecule has 2 aromatic rings. The average molecular weight is 409 g/mol. The lowest BCUT2D eigenvalue weighted by Crippen LogP contribution is -2.40. The van der Waals surface area contributed by atoms with E-state index in [1.54, 1.807) is 0 Å². The highest BCUT2D eigenvalue weighted by atomic mass is 16.2. The first-order chi connectivity index (χ1) is 14.3. The lowest BCUT2D eigenvalue weighted by molar-refractivity contribution is -0.136. The second kappa shape index (κ2) is 9.30. The van der Waals surface area contributed by atoms with E-state index in [2.05, 4.69) is 59.5 Å². The summed E-state index contributed by atoms with van der Waals surface area (Å²) in [5, 5.41) is 5.45. The summed E-state index contributed by atoms with van der Waals surface area (Å²) in [5.41, 5.74) is 5.54. The fourth-order valence-electron chi connectivity index (χ4n) is 3.80. The van der Waals surface area contributed by atoms with Crippen LogP contribution in [0.25, 0.3) is 0 Å². The summed E-state index contributed by atoms with van der Waals surface area (Å²) >= 11 is 0. The number of amides is 2. The Kier molecular flexibility index (Phi) is 6.77. The number of hydrogen-bond acceptors (Lipinski definition) is 4. The van der Waals surface area contributed by atoms with E-state index in [1.165, 1.54) is 16.8 Å². The summed E-state index contributed by atoms with van der Waals surface area (Å²) < 4.78 is 0. The lowest BCUT2D eigenvalue weighted by Gasteiger charge is -2.26. The van der Waals surface area contributed by atoms with Crippen LogP contribution in [0, 0.1) is 0 Å². The molecule has 3 rings (SSSR count). The average Bonchev–Trinajstić information content (AvgIpc) is 3.08. The summed E-state index contributed by atoms with van der Waals surface area (Å²) in [6, 6.07) is 14.0. The Bertz CT molecular complexity index is 906. The molecule has 0 radical (unpaired) electrons. The maximum Gasteiger partial charge on any atom is 0.313 e. The number of hydrogen-bond donors (Lipinski definition) is 2. The van der Waals surface area contributed by atoms with E-state index in [0.717, 1.165) is 18.5 Å². The molecule has 1 heterocycles. The number of carbonyl (C=O) groups is 2. The van der Waals surface area contributed by atoms with Crippen LogP contribution in [-0.4, -0.2) is 50.9 Å². The Morgan fingerprint density at radius 2 is 1.70 bits per heavy atom. The highest BCUT2D eigenvalue weighted by Gasteiger charge is 2.22. The number of nitrogens with zero attached hydrogens (tertiary/aromatic N) is 2. The molecule has 2 N–H and O–H groups in total. The summed E-state index contributed by atoms with van der Waals surface area (Å²) in [7, 11) is 6.06. The van der Waals surface area contributed by atoms with Crippen LogP contribution in [0.5, 0.6) is 0 Å². The first-order valence-corrected chi connectivity index (χ1v) is 10.5. The zero-order chi connectivity index (χ0) is 21.8. The van der Waals surface area contributed by atoms with Gasteiger partial charge in [0.25, 0.3) is 0 Å². The molecule has 1 aliphatic heterocycles. The van der Waals surface area contributed by atoms with E-state index < -0.39 is 11.8 Å². The van der Waals surface area contributed by atoms with E-state index in [1.807, 2.05) is 38.4 Å². The van der Waals surface area contributed by atoms with Crippen LogP contribution in [0.1, 0.15) is 42.5 Å². The van der Waals surface area contributed by atoms with E-state index in [4.69, 9.17) is 0 Å². The van der Waals surface area contributed by atoms with Crippen molar-refractivity contribution in [2.75, 3.05) is 44.4 Å². The van der Waals surface area contributed by atoms with E-state index in [9.17, 15) is 9.59 Å². The highest BCUT2D eigenvalue weighted by Crippen LogP contribution is 2.30. The van der Waals surface area contributed by atoms with Gasteiger partial charge in [-0.1, -0.05) is 38.1 Å². The third kappa shape index (κ3) is 5.00. The van der Waals surface area contributed by atoms with Gasteiger partial charge >= 0.3 is 11.8 Å². The van der Waals surface area contributed by atoms with Gasteiger partial charge in [0.15, 0.2) is 0 Å². The predicted molar refractivity (Wildman–Crippen MR) is 122 cm³/mol. The molecule has 0 aliphatic carbocycles. The number of likely N-dealkylation sites (N-methyl/N-ethyl adjacent to an activating group) is 2. The first kappa shape index (κ1) is 21.8. The fraction of sp³-hybridized carbons (Fsp3) is 0.417. The monoisotopic (exact) mass is 408 g/mol. The van der Waals surface area contributed by atoms with Crippen molar-refractivity contribution < 1.29 is 9.59 Å². The van der Waals surface area contributed by atoms with Gasteiger partial charge in [-0.2, -0.15) is 0 Å². The SMILES string of the molecule is CC(C)c1ccc(NC(=O)C(=O)NC[C@@H](c2ccc3c(c2)CCN3C)N(C)C)cc1. The lowest BCUT2D eigenvalue weighted by atomic mass is 10.0. The normalized spacial score (nSPS) is 14.0. The molecule has 0 fully saturated rings. The molecule has 160 valence electrons. The van der Waals surface area contributed by atoms with Gasteiger partial charge in [0.05, 0.1) is 6.04 Å². The number of fused-ring (bicyclic) bond motifs is 1. The Morgan fingerprint density at radius 1 is 1.03 bits per heavy atom. The molecular formula is C24H32N4O2. The second-order valence-corrected chi connectivity index (χ2v) is 8.48. The van der Waals surface area contributed by atoms with Crippen molar-refractivity contribution in [1.29, 1.82) is 0 Å². The van der Waals surface area contributed by atoms with Crippen LogP contribution >= 0.6 is 0 Å². The van der Waals surface area contributed by atoms with Crippen LogP contribution in [0.15, 0.2) is 42.5 Å². The van der Waals surface area contributed by atoms with Gasteiger partial charge < -0.3 is 20.4 Å². The predicted octanol–water partition coefficient (Wildman–Crippen LogP) is 3.16. The number of carbonyl (C=O) groups excluding carboxylic acids is 2. The molecule has 0 spiro atoms. The van der Waals surface area contributed by atoms with Crippen molar-refractivity contribution in [3.8, 4) is 0 Å². The van der Waals surface area contributed by atoms with Crippen LogP contribution in [0.4, 0.5) is 11.4 Å². The number of rotatable bonds is 6. The summed E-state index contributed by atoms with van der Waals surface area (Å²) in [5.74, 6) is -0.864. The zero-order valence-electron chi connectivity index (χ0n) is 18.5. The van der Waals surface area contributed by atoms with E-state index in [0.29, 0.717) is 18.2 Å². The van der Waals surface area contributed by atoms with E-state index >= 15 is 0 Å². The van der Waals surface area contributed by atoms with Crippen LogP contribution in [0.3, 0.4) is 0 Å². The maximum absolute atomic E-state index is 12.4. The van der Waals surface area contributed by atoms with Gasteiger partial charge in [-0.15, -0.1) is 0 Å². The minimum absolute atomic E-state index is 0.0109. The molecule has 0 saturated heterocycles. The molecule has 6 heteroatoms.